The molecule has 1 saturated carbocycles. The van der Waals surface area contributed by atoms with Gasteiger partial charge in [0.25, 0.3) is 11.8 Å². The summed E-state index contributed by atoms with van der Waals surface area (Å²) in [4.78, 5) is 32.0. The van der Waals surface area contributed by atoms with Crippen molar-refractivity contribution in [1.29, 1.82) is 0 Å². The number of aromatic nitrogens is 2. The fourth-order valence-corrected chi connectivity index (χ4v) is 3.30. The lowest BCUT2D eigenvalue weighted by atomic mass is 10.1. The zero-order chi connectivity index (χ0) is 21.5. The number of carbonyl (C=O) groups excluding carboxylic acids is 2. The van der Waals surface area contributed by atoms with Gasteiger partial charge in [0.1, 0.15) is 18.1 Å². The Morgan fingerprint density at radius 3 is 2.63 bits per heavy atom. The van der Waals surface area contributed by atoms with Gasteiger partial charge >= 0.3 is 0 Å². The minimum atomic E-state index is -2.91. The summed E-state index contributed by atoms with van der Waals surface area (Å²) >= 11 is 0. The number of carbonyl (C=O) groups is 2. The van der Waals surface area contributed by atoms with Crippen LogP contribution in [0.3, 0.4) is 0 Å². The number of nitrogens with zero attached hydrogens (tertiary/aromatic N) is 2. The molecule has 4 rings (SSSR count). The summed E-state index contributed by atoms with van der Waals surface area (Å²) in [6, 6.07) is 11.8. The van der Waals surface area contributed by atoms with E-state index in [0.717, 1.165) is 5.56 Å². The normalized spacial score (nSPS) is 17.9. The Morgan fingerprint density at radius 2 is 1.93 bits per heavy atom. The number of fused-ring (bicyclic) bond motifs is 1. The van der Waals surface area contributed by atoms with Crippen LogP contribution in [0.2, 0.25) is 0 Å². The molecule has 3 aromatic rings. The van der Waals surface area contributed by atoms with Crippen molar-refractivity contribution in [3.63, 3.8) is 0 Å². The highest BCUT2D eigenvalue weighted by Crippen LogP contribution is 2.49. The van der Waals surface area contributed by atoms with Gasteiger partial charge in [-0.3, -0.25) is 9.59 Å². The molecule has 0 spiro atoms. The van der Waals surface area contributed by atoms with Gasteiger partial charge < -0.3 is 16.4 Å². The van der Waals surface area contributed by atoms with Crippen LogP contribution in [0.15, 0.2) is 48.8 Å². The molecule has 1 unspecified atom stereocenters. The zero-order valence-electron chi connectivity index (χ0n) is 16.0. The number of halogens is 2. The molecular formula is C21H19F2N5O2. The number of para-hydroxylation sites is 1. The van der Waals surface area contributed by atoms with E-state index in [4.69, 9.17) is 5.73 Å². The molecule has 1 heterocycles. The van der Waals surface area contributed by atoms with Crippen molar-refractivity contribution in [2.45, 2.75) is 25.3 Å². The van der Waals surface area contributed by atoms with Gasteiger partial charge in [0, 0.05) is 17.5 Å². The molecule has 9 heteroatoms. The molecule has 1 aliphatic carbocycles. The van der Waals surface area contributed by atoms with E-state index >= 15 is 0 Å². The molecule has 1 aromatic heterocycles. The Labute approximate surface area is 170 Å². The van der Waals surface area contributed by atoms with Crippen molar-refractivity contribution in [1.82, 2.24) is 9.97 Å². The third-order valence-electron chi connectivity index (χ3n) is 5.08. The Bertz CT molecular complexity index is 1150. The molecule has 1 aliphatic rings. The molecule has 2 atom stereocenters. The molecule has 0 bridgehead atoms. The molecule has 1 fully saturated rings. The zero-order valence-corrected chi connectivity index (χ0v) is 16.0. The monoisotopic (exact) mass is 411 g/mol. The third-order valence-corrected chi connectivity index (χ3v) is 5.08. The average Bonchev–Trinajstić information content (AvgIpc) is 3.36. The number of anilines is 2. The first-order chi connectivity index (χ1) is 14.3. The number of amides is 2. The predicted molar refractivity (Wildman–Crippen MR) is 108 cm³/mol. The lowest BCUT2D eigenvalue weighted by molar-refractivity contribution is -0.119. The molecule has 154 valence electrons. The van der Waals surface area contributed by atoms with Gasteiger partial charge in [0.05, 0.1) is 17.1 Å². The van der Waals surface area contributed by atoms with Crippen LogP contribution in [0.25, 0.3) is 10.9 Å². The van der Waals surface area contributed by atoms with Gasteiger partial charge in [0.2, 0.25) is 5.91 Å². The number of rotatable bonds is 6. The topological polar surface area (TPSA) is 110 Å². The van der Waals surface area contributed by atoms with Crippen molar-refractivity contribution in [2.24, 2.45) is 11.7 Å². The van der Waals surface area contributed by atoms with Gasteiger partial charge in [-0.2, -0.15) is 0 Å². The van der Waals surface area contributed by atoms with Crippen LogP contribution < -0.4 is 16.4 Å². The number of alkyl halides is 2. The Balaban J connectivity index is 1.55. The van der Waals surface area contributed by atoms with Crippen LogP contribution in [-0.4, -0.2) is 27.7 Å². The molecule has 2 aromatic carbocycles. The standard InChI is InChI=1S/C21H19F2N5O2/c1-11(12-4-2-5-13(8-12)28-20(30)16-9-21(16,22)23)27-19-15-7-3-6-14(18(24)29)17(15)25-10-26-19/h2-8,10-11,16H,9H2,1H3,(H2,24,29)(H,28,30)(H,25,26,27)/t11?,16-/m1/s1. The van der Waals surface area contributed by atoms with E-state index in [1.165, 1.54) is 6.33 Å². The maximum absolute atomic E-state index is 13.1. The summed E-state index contributed by atoms with van der Waals surface area (Å²) in [7, 11) is 0. The maximum atomic E-state index is 13.1. The van der Waals surface area contributed by atoms with Gasteiger partial charge in [-0.15, -0.1) is 0 Å². The summed E-state index contributed by atoms with van der Waals surface area (Å²) in [6.45, 7) is 1.89. The highest BCUT2D eigenvalue weighted by atomic mass is 19.3. The molecule has 0 aliphatic heterocycles. The summed E-state index contributed by atoms with van der Waals surface area (Å²) in [5.74, 6) is -4.92. The number of nitrogens with one attached hydrogen (secondary N) is 2. The first kappa shape index (κ1) is 19.7. The Hall–Kier alpha value is -3.62. The van der Waals surface area contributed by atoms with E-state index in [1.807, 2.05) is 13.0 Å². The van der Waals surface area contributed by atoms with Crippen LogP contribution >= 0.6 is 0 Å². The minimum absolute atomic E-state index is 0.237. The fraction of sp³-hybridized carbons (Fsp3) is 0.238. The Morgan fingerprint density at radius 1 is 1.20 bits per heavy atom. The van der Waals surface area contributed by atoms with E-state index < -0.39 is 30.1 Å². The predicted octanol–water partition coefficient (Wildman–Crippen LogP) is 3.50. The van der Waals surface area contributed by atoms with E-state index in [2.05, 4.69) is 20.6 Å². The van der Waals surface area contributed by atoms with Crippen LogP contribution in [-0.2, 0) is 4.79 Å². The van der Waals surface area contributed by atoms with Crippen LogP contribution in [0.5, 0.6) is 0 Å². The highest BCUT2D eigenvalue weighted by Gasteiger charge is 2.61. The molecule has 2 amide bonds. The fourth-order valence-electron chi connectivity index (χ4n) is 3.30. The van der Waals surface area contributed by atoms with E-state index in [9.17, 15) is 18.4 Å². The van der Waals surface area contributed by atoms with Crippen LogP contribution in [0, 0.1) is 5.92 Å². The average molecular weight is 411 g/mol. The largest absolute Gasteiger partial charge is 0.366 e. The first-order valence-corrected chi connectivity index (χ1v) is 9.35. The quantitative estimate of drug-likeness (QED) is 0.575. The van der Waals surface area contributed by atoms with Crippen molar-refractivity contribution in [3.05, 3.63) is 59.9 Å². The first-order valence-electron chi connectivity index (χ1n) is 9.35. The molecule has 30 heavy (non-hydrogen) atoms. The number of nitrogens with two attached hydrogens (primary N) is 1. The lowest BCUT2D eigenvalue weighted by Crippen LogP contribution is -2.18. The summed E-state index contributed by atoms with van der Waals surface area (Å²) in [6.07, 6.45) is 0.931. The second kappa shape index (κ2) is 7.33. The highest BCUT2D eigenvalue weighted by molar-refractivity contribution is 6.06. The van der Waals surface area contributed by atoms with Crippen LogP contribution in [0.1, 0.15) is 35.3 Å². The van der Waals surface area contributed by atoms with Crippen LogP contribution in [0.4, 0.5) is 20.3 Å². The number of benzene rings is 2. The van der Waals surface area contributed by atoms with E-state index in [-0.39, 0.29) is 6.04 Å². The van der Waals surface area contributed by atoms with Gasteiger partial charge in [0.15, 0.2) is 0 Å². The van der Waals surface area contributed by atoms with Crippen molar-refractivity contribution >= 4 is 34.2 Å². The van der Waals surface area contributed by atoms with Gasteiger partial charge in [-0.05, 0) is 36.8 Å². The SMILES string of the molecule is CC(Nc1ncnc2c(C(N)=O)cccc12)c1cccc(NC(=O)[C@H]2CC2(F)F)c1. The minimum Gasteiger partial charge on any atom is -0.366 e. The molecule has 7 nitrogen and oxygen atoms in total. The van der Waals surface area contributed by atoms with Crippen molar-refractivity contribution < 1.29 is 18.4 Å². The van der Waals surface area contributed by atoms with E-state index in [1.54, 1.807) is 36.4 Å². The molecule has 0 saturated heterocycles. The number of primary amides is 1. The lowest BCUT2D eigenvalue weighted by Gasteiger charge is -2.17. The third kappa shape index (κ3) is 3.78. The molecule has 4 N–H and O–H groups in total. The maximum Gasteiger partial charge on any atom is 0.260 e. The van der Waals surface area contributed by atoms with Crippen molar-refractivity contribution in [3.8, 4) is 0 Å². The van der Waals surface area contributed by atoms with Gasteiger partial charge in [-0.25, -0.2) is 18.7 Å². The molecular weight excluding hydrogens is 392 g/mol. The molecule has 0 radical (unpaired) electrons. The smallest absolute Gasteiger partial charge is 0.260 e. The second-order valence-corrected chi connectivity index (χ2v) is 7.29. The van der Waals surface area contributed by atoms with Gasteiger partial charge in [-0.1, -0.05) is 18.2 Å². The number of hydrogen-bond donors (Lipinski definition) is 3. The summed E-state index contributed by atoms with van der Waals surface area (Å²) in [5.41, 5.74) is 7.42. The number of hydrogen-bond acceptors (Lipinski definition) is 5. The summed E-state index contributed by atoms with van der Waals surface area (Å²) in [5, 5.41) is 6.44. The van der Waals surface area contributed by atoms with E-state index in [0.29, 0.717) is 28.0 Å². The second-order valence-electron chi connectivity index (χ2n) is 7.29. The summed E-state index contributed by atoms with van der Waals surface area (Å²) < 4.78 is 26.2. The van der Waals surface area contributed by atoms with Crippen molar-refractivity contribution in [2.75, 3.05) is 10.6 Å². The Kier molecular flexibility index (Phi) is 4.81.